The number of nitrogens with one attached hydrogen (secondary N) is 1. The molecule has 5 heteroatoms. The van der Waals surface area contributed by atoms with Crippen LogP contribution in [0.1, 0.15) is 25.0 Å². The van der Waals surface area contributed by atoms with Crippen LogP contribution in [0.15, 0.2) is 53.6 Å². The first-order chi connectivity index (χ1) is 11.5. The number of halogens is 1. The van der Waals surface area contributed by atoms with Crippen LogP contribution in [-0.2, 0) is 11.2 Å². The van der Waals surface area contributed by atoms with Crippen LogP contribution in [0.2, 0.25) is 5.02 Å². The second-order valence-corrected chi connectivity index (χ2v) is 6.09. The number of carbonyl (C=O) groups excluding carboxylic acids is 1. The van der Waals surface area contributed by atoms with Crippen molar-refractivity contribution in [1.82, 2.24) is 5.43 Å². The molecule has 1 amide bonds. The van der Waals surface area contributed by atoms with Gasteiger partial charge in [0.1, 0.15) is 5.75 Å². The molecule has 0 bridgehead atoms. The second-order valence-electron chi connectivity index (χ2n) is 5.66. The molecule has 4 nitrogen and oxygen atoms in total. The van der Waals surface area contributed by atoms with Crippen molar-refractivity contribution >= 4 is 23.2 Å². The summed E-state index contributed by atoms with van der Waals surface area (Å²) in [7, 11) is 0. The molecule has 2 rings (SSSR count). The van der Waals surface area contributed by atoms with Crippen molar-refractivity contribution in [3.8, 4) is 5.75 Å². The summed E-state index contributed by atoms with van der Waals surface area (Å²) in [5, 5.41) is 4.77. The molecule has 126 valence electrons. The monoisotopic (exact) mass is 344 g/mol. The maximum absolute atomic E-state index is 12.1. The SMILES string of the molecule is C/C(Cc1ccccc1)=N/NC(=O)[C@H](C)Oc1ccc(Cl)cc1C. The summed E-state index contributed by atoms with van der Waals surface area (Å²) in [5.41, 5.74) is 5.40. The number of hydrogen-bond acceptors (Lipinski definition) is 3. The Labute approximate surface area is 147 Å². The molecule has 1 N–H and O–H groups in total. The van der Waals surface area contributed by atoms with Gasteiger partial charge in [0, 0.05) is 17.2 Å². The van der Waals surface area contributed by atoms with E-state index in [4.69, 9.17) is 16.3 Å². The highest BCUT2D eigenvalue weighted by Crippen LogP contribution is 2.22. The summed E-state index contributed by atoms with van der Waals surface area (Å²) < 4.78 is 5.67. The number of aryl methyl sites for hydroxylation is 1. The largest absolute Gasteiger partial charge is 0.481 e. The molecule has 0 aliphatic heterocycles. The van der Waals surface area contributed by atoms with E-state index >= 15 is 0 Å². The highest BCUT2D eigenvalue weighted by atomic mass is 35.5. The van der Waals surface area contributed by atoms with E-state index in [-0.39, 0.29) is 5.91 Å². The normalized spacial score (nSPS) is 12.6. The van der Waals surface area contributed by atoms with Crippen LogP contribution in [0.4, 0.5) is 0 Å². The molecule has 0 spiro atoms. The van der Waals surface area contributed by atoms with Gasteiger partial charge < -0.3 is 4.74 Å². The lowest BCUT2D eigenvalue weighted by atomic mass is 10.1. The minimum Gasteiger partial charge on any atom is -0.481 e. The lowest BCUT2D eigenvalue weighted by Crippen LogP contribution is -2.34. The maximum atomic E-state index is 12.1. The van der Waals surface area contributed by atoms with Crippen molar-refractivity contribution in [3.63, 3.8) is 0 Å². The molecule has 0 heterocycles. The number of nitrogens with zero attached hydrogens (tertiary/aromatic N) is 1. The highest BCUT2D eigenvalue weighted by molar-refractivity contribution is 6.30. The Hall–Kier alpha value is -2.33. The summed E-state index contributed by atoms with van der Waals surface area (Å²) >= 11 is 5.91. The number of rotatable bonds is 6. The van der Waals surface area contributed by atoms with Gasteiger partial charge in [0.2, 0.25) is 0 Å². The van der Waals surface area contributed by atoms with Gasteiger partial charge in [-0.3, -0.25) is 4.79 Å². The second kappa shape index (κ2) is 8.50. The van der Waals surface area contributed by atoms with E-state index in [1.54, 1.807) is 25.1 Å². The summed E-state index contributed by atoms with van der Waals surface area (Å²) in [6.45, 7) is 5.45. The molecule has 0 aromatic heterocycles. The first-order valence-electron chi connectivity index (χ1n) is 7.75. The minimum atomic E-state index is -0.654. The molecule has 2 aromatic carbocycles. The Morgan fingerprint density at radius 1 is 1.25 bits per heavy atom. The van der Waals surface area contributed by atoms with E-state index in [2.05, 4.69) is 10.5 Å². The molecule has 0 aliphatic carbocycles. The highest BCUT2D eigenvalue weighted by Gasteiger charge is 2.15. The Morgan fingerprint density at radius 2 is 1.96 bits per heavy atom. The van der Waals surface area contributed by atoms with Crippen LogP contribution in [0.5, 0.6) is 5.75 Å². The Morgan fingerprint density at radius 3 is 2.62 bits per heavy atom. The van der Waals surface area contributed by atoms with Gasteiger partial charge in [0.15, 0.2) is 6.10 Å². The Balaban J connectivity index is 1.90. The van der Waals surface area contributed by atoms with E-state index in [0.717, 1.165) is 16.8 Å². The zero-order chi connectivity index (χ0) is 17.5. The smallest absolute Gasteiger partial charge is 0.280 e. The zero-order valence-corrected chi connectivity index (χ0v) is 14.8. The van der Waals surface area contributed by atoms with Gasteiger partial charge in [0.05, 0.1) is 0 Å². The number of benzene rings is 2. The first kappa shape index (κ1) is 18.0. The number of ether oxygens (including phenoxy) is 1. The molecule has 1 atom stereocenters. The van der Waals surface area contributed by atoms with Crippen LogP contribution in [0.25, 0.3) is 0 Å². The molecule has 0 radical (unpaired) electrons. The molecular weight excluding hydrogens is 324 g/mol. The fourth-order valence-electron chi connectivity index (χ4n) is 2.16. The van der Waals surface area contributed by atoms with Crippen molar-refractivity contribution in [1.29, 1.82) is 0 Å². The predicted molar refractivity (Wildman–Crippen MR) is 97.7 cm³/mol. The topological polar surface area (TPSA) is 50.7 Å². The molecule has 0 unspecified atom stereocenters. The van der Waals surface area contributed by atoms with Crippen molar-refractivity contribution in [2.45, 2.75) is 33.3 Å². The fraction of sp³-hybridized carbons (Fsp3) is 0.263. The van der Waals surface area contributed by atoms with Crippen molar-refractivity contribution in [3.05, 3.63) is 64.7 Å². The molecule has 0 fully saturated rings. The van der Waals surface area contributed by atoms with Gasteiger partial charge in [-0.15, -0.1) is 0 Å². The van der Waals surface area contributed by atoms with Crippen LogP contribution in [0, 0.1) is 6.92 Å². The van der Waals surface area contributed by atoms with E-state index in [9.17, 15) is 4.79 Å². The van der Waals surface area contributed by atoms with Gasteiger partial charge in [-0.05, 0) is 50.1 Å². The van der Waals surface area contributed by atoms with Gasteiger partial charge in [-0.25, -0.2) is 5.43 Å². The standard InChI is InChI=1S/C19H21ClN2O2/c1-13-11-17(20)9-10-18(13)24-15(3)19(23)22-21-14(2)12-16-7-5-4-6-8-16/h4-11,15H,12H2,1-3H3,(H,22,23)/b21-14-/t15-/m0/s1. The summed E-state index contributed by atoms with van der Waals surface area (Å²) in [6.07, 6.45) is 0.0327. The van der Waals surface area contributed by atoms with Crippen LogP contribution in [0.3, 0.4) is 0 Å². The fourth-order valence-corrected chi connectivity index (χ4v) is 2.39. The van der Waals surface area contributed by atoms with Crippen molar-refractivity contribution < 1.29 is 9.53 Å². The summed E-state index contributed by atoms with van der Waals surface area (Å²) in [6, 6.07) is 15.3. The average Bonchev–Trinajstić information content (AvgIpc) is 2.56. The minimum absolute atomic E-state index is 0.295. The van der Waals surface area contributed by atoms with E-state index in [1.807, 2.05) is 44.2 Å². The molecule has 24 heavy (non-hydrogen) atoms. The van der Waals surface area contributed by atoms with Gasteiger partial charge in [-0.1, -0.05) is 41.9 Å². The van der Waals surface area contributed by atoms with Crippen molar-refractivity contribution in [2.75, 3.05) is 0 Å². The molecule has 2 aromatic rings. The third kappa shape index (κ3) is 5.39. The van der Waals surface area contributed by atoms with Gasteiger partial charge in [0.25, 0.3) is 5.91 Å². The average molecular weight is 345 g/mol. The van der Waals surface area contributed by atoms with Crippen LogP contribution in [-0.4, -0.2) is 17.7 Å². The number of hydrazone groups is 1. The van der Waals surface area contributed by atoms with E-state index < -0.39 is 6.10 Å². The third-order valence-electron chi connectivity index (χ3n) is 3.47. The molecule has 0 aliphatic rings. The number of amides is 1. The van der Waals surface area contributed by atoms with Crippen molar-refractivity contribution in [2.24, 2.45) is 5.10 Å². The van der Waals surface area contributed by atoms with Crippen LogP contribution < -0.4 is 10.2 Å². The third-order valence-corrected chi connectivity index (χ3v) is 3.70. The molecule has 0 saturated heterocycles. The van der Waals surface area contributed by atoms with Gasteiger partial charge in [-0.2, -0.15) is 5.10 Å². The maximum Gasteiger partial charge on any atom is 0.280 e. The Bertz CT molecular complexity index is 729. The van der Waals surface area contributed by atoms with E-state index in [0.29, 0.717) is 17.2 Å². The molecule has 0 saturated carbocycles. The summed E-state index contributed by atoms with van der Waals surface area (Å²) in [5.74, 6) is 0.337. The first-order valence-corrected chi connectivity index (χ1v) is 8.13. The van der Waals surface area contributed by atoms with Gasteiger partial charge >= 0.3 is 0 Å². The zero-order valence-electron chi connectivity index (χ0n) is 14.0. The Kier molecular flexibility index (Phi) is 6.38. The quantitative estimate of drug-likeness (QED) is 0.632. The summed E-state index contributed by atoms with van der Waals surface area (Å²) in [4.78, 5) is 12.1. The molecular formula is C19H21ClN2O2. The lowest BCUT2D eigenvalue weighted by Gasteiger charge is -2.15. The predicted octanol–water partition coefficient (Wildman–Crippen LogP) is 4.15. The van der Waals surface area contributed by atoms with Crippen LogP contribution >= 0.6 is 11.6 Å². The van der Waals surface area contributed by atoms with E-state index in [1.165, 1.54) is 0 Å². The number of hydrogen-bond donors (Lipinski definition) is 1. The lowest BCUT2D eigenvalue weighted by molar-refractivity contribution is -0.127. The number of carbonyl (C=O) groups is 1.